The Hall–Kier alpha value is -4.50. The van der Waals surface area contributed by atoms with Crippen LogP contribution in [0.3, 0.4) is 0 Å². The average Bonchev–Trinajstić information content (AvgIpc) is 3.02. The van der Waals surface area contributed by atoms with Crippen molar-refractivity contribution in [3.63, 3.8) is 0 Å². The lowest BCUT2D eigenvalue weighted by Gasteiger charge is -2.34. The Kier molecular flexibility index (Phi) is 11.1. The van der Waals surface area contributed by atoms with E-state index in [4.69, 9.17) is 0 Å². The maximum Gasteiger partial charge on any atom is 0.264 e. The highest BCUT2D eigenvalue weighted by atomic mass is 32.2. The van der Waals surface area contributed by atoms with E-state index in [2.05, 4.69) is 5.32 Å². The first-order valence-corrected chi connectivity index (χ1v) is 16.5. The molecule has 0 aliphatic heterocycles. The molecular weight excluding hydrogens is 589 g/mol. The normalized spacial score (nSPS) is 12.6. The first-order chi connectivity index (χ1) is 21.5. The van der Waals surface area contributed by atoms with E-state index in [-0.39, 0.29) is 29.5 Å². The number of amides is 2. The van der Waals surface area contributed by atoms with Crippen molar-refractivity contribution in [2.45, 2.75) is 64.1 Å². The number of aryl methyl sites for hydroxylation is 2. The smallest absolute Gasteiger partial charge is 0.264 e. The molecule has 0 unspecified atom stereocenters. The molecule has 9 heteroatoms. The molecule has 7 nitrogen and oxygen atoms in total. The molecule has 0 heterocycles. The number of carbonyl (C=O) groups is 2. The number of sulfonamides is 1. The summed E-state index contributed by atoms with van der Waals surface area (Å²) in [4.78, 5) is 29.7. The minimum atomic E-state index is -4.21. The average molecular weight is 630 g/mol. The van der Waals surface area contributed by atoms with Crippen LogP contribution in [0.2, 0.25) is 0 Å². The zero-order chi connectivity index (χ0) is 32.6. The van der Waals surface area contributed by atoms with Gasteiger partial charge in [-0.1, -0.05) is 85.3 Å². The summed E-state index contributed by atoms with van der Waals surface area (Å²) in [6.07, 6.45) is 0.819. The highest BCUT2D eigenvalue weighted by Crippen LogP contribution is 2.26. The Labute approximate surface area is 265 Å². The van der Waals surface area contributed by atoms with Gasteiger partial charge in [0.2, 0.25) is 11.8 Å². The van der Waals surface area contributed by atoms with Gasteiger partial charge in [0.25, 0.3) is 10.0 Å². The molecule has 0 aromatic heterocycles. The lowest BCUT2D eigenvalue weighted by molar-refractivity contribution is -0.140. The molecule has 45 heavy (non-hydrogen) atoms. The predicted octanol–water partition coefficient (Wildman–Crippen LogP) is 6.19. The van der Waals surface area contributed by atoms with Gasteiger partial charge < -0.3 is 10.2 Å². The fourth-order valence-electron chi connectivity index (χ4n) is 4.95. The van der Waals surface area contributed by atoms with Gasteiger partial charge in [-0.25, -0.2) is 12.8 Å². The van der Waals surface area contributed by atoms with Crippen molar-refractivity contribution >= 4 is 27.5 Å². The quantitative estimate of drug-likeness (QED) is 0.191. The number of halogens is 1. The molecule has 2 amide bonds. The second-order valence-corrected chi connectivity index (χ2v) is 13.2. The van der Waals surface area contributed by atoms with E-state index in [0.717, 1.165) is 21.0 Å². The first-order valence-electron chi connectivity index (χ1n) is 15.0. The van der Waals surface area contributed by atoms with Crippen LogP contribution in [0.1, 0.15) is 42.5 Å². The van der Waals surface area contributed by atoms with Crippen molar-refractivity contribution < 1.29 is 22.4 Å². The van der Waals surface area contributed by atoms with Crippen LogP contribution < -0.4 is 9.62 Å². The molecule has 4 aromatic rings. The molecule has 1 N–H and O–H groups in total. The highest BCUT2D eigenvalue weighted by Gasteiger charge is 2.35. The number of anilines is 1. The summed E-state index contributed by atoms with van der Waals surface area (Å²) >= 11 is 0. The summed E-state index contributed by atoms with van der Waals surface area (Å²) in [6.45, 7) is 6.67. The molecule has 0 bridgehead atoms. The highest BCUT2D eigenvalue weighted by molar-refractivity contribution is 7.92. The Morgan fingerprint density at radius 3 is 2.16 bits per heavy atom. The zero-order valence-electron chi connectivity index (χ0n) is 26.1. The number of hydrogen-bond acceptors (Lipinski definition) is 4. The van der Waals surface area contributed by atoms with Gasteiger partial charge in [-0.2, -0.15) is 0 Å². The van der Waals surface area contributed by atoms with Gasteiger partial charge in [-0.05, 0) is 68.7 Å². The van der Waals surface area contributed by atoms with Crippen molar-refractivity contribution in [3.8, 4) is 0 Å². The van der Waals surface area contributed by atoms with Gasteiger partial charge in [-0.3, -0.25) is 13.9 Å². The molecule has 4 rings (SSSR count). The minimum absolute atomic E-state index is 0.0263. The summed E-state index contributed by atoms with van der Waals surface area (Å²) in [6, 6.07) is 27.4. The molecule has 0 spiro atoms. The summed E-state index contributed by atoms with van der Waals surface area (Å²) in [7, 11) is -4.21. The molecular formula is C36H40FN3O4S. The monoisotopic (exact) mass is 629 g/mol. The molecule has 0 saturated heterocycles. The van der Waals surface area contributed by atoms with Crippen LogP contribution >= 0.6 is 0 Å². The lowest BCUT2D eigenvalue weighted by atomic mass is 10.0. The van der Waals surface area contributed by atoms with Crippen LogP contribution in [-0.2, 0) is 32.6 Å². The maximum absolute atomic E-state index is 15.0. The number of carbonyl (C=O) groups excluding carboxylic acids is 2. The first kappa shape index (κ1) is 33.4. The number of benzene rings is 4. The van der Waals surface area contributed by atoms with Gasteiger partial charge in [0, 0.05) is 24.6 Å². The molecule has 0 aliphatic rings. The fraction of sp³-hybridized carbons (Fsp3) is 0.278. The summed E-state index contributed by atoms with van der Waals surface area (Å²) in [5.74, 6) is -1.57. The standard InChI is InChI=1S/C36H40FN3O4S/c1-5-28(4)38-36(42)34(23-29-13-7-6-8-14-29)39(24-30-15-9-10-17-33(30)37)35(41)25-40(31-16-11-12-27(3)22-31)45(43,44)32-20-18-26(2)19-21-32/h6-22,28,34H,5,23-25H2,1-4H3,(H,38,42)/t28-,34-/m1/s1. The van der Waals surface area contributed by atoms with Crippen LogP contribution in [0.15, 0.2) is 108 Å². The number of nitrogens with one attached hydrogen (secondary N) is 1. The van der Waals surface area contributed by atoms with Crippen LogP contribution in [0.4, 0.5) is 10.1 Å². The summed E-state index contributed by atoms with van der Waals surface area (Å²) in [5, 5.41) is 2.98. The Balaban J connectivity index is 1.82. The predicted molar refractivity (Wildman–Crippen MR) is 176 cm³/mol. The molecule has 0 radical (unpaired) electrons. The van der Waals surface area contributed by atoms with Gasteiger partial charge in [0.15, 0.2) is 0 Å². The van der Waals surface area contributed by atoms with E-state index in [9.17, 15) is 18.0 Å². The van der Waals surface area contributed by atoms with E-state index in [1.54, 1.807) is 48.5 Å². The van der Waals surface area contributed by atoms with Crippen molar-refractivity contribution in [1.29, 1.82) is 0 Å². The molecule has 236 valence electrons. The SMILES string of the molecule is CC[C@@H](C)NC(=O)[C@@H](Cc1ccccc1)N(Cc1ccccc1F)C(=O)CN(c1cccc(C)c1)S(=O)(=O)c1ccc(C)cc1. The molecule has 0 saturated carbocycles. The zero-order valence-corrected chi connectivity index (χ0v) is 26.9. The van der Waals surface area contributed by atoms with Crippen molar-refractivity contribution in [1.82, 2.24) is 10.2 Å². The fourth-order valence-corrected chi connectivity index (χ4v) is 6.36. The number of hydrogen-bond donors (Lipinski definition) is 1. The van der Waals surface area contributed by atoms with E-state index in [1.807, 2.05) is 64.1 Å². The van der Waals surface area contributed by atoms with Crippen molar-refractivity contribution in [3.05, 3.63) is 131 Å². The van der Waals surface area contributed by atoms with E-state index >= 15 is 4.39 Å². The summed E-state index contributed by atoms with van der Waals surface area (Å²) < 4.78 is 44.3. The van der Waals surface area contributed by atoms with Crippen LogP contribution in [-0.4, -0.2) is 43.8 Å². The number of rotatable bonds is 13. The maximum atomic E-state index is 15.0. The van der Waals surface area contributed by atoms with E-state index < -0.39 is 40.2 Å². The van der Waals surface area contributed by atoms with Crippen molar-refractivity contribution in [2.24, 2.45) is 0 Å². The minimum Gasteiger partial charge on any atom is -0.352 e. The molecule has 4 aromatic carbocycles. The van der Waals surface area contributed by atoms with E-state index in [1.165, 1.54) is 23.1 Å². The van der Waals surface area contributed by atoms with Crippen LogP contribution in [0.25, 0.3) is 0 Å². The topological polar surface area (TPSA) is 86.8 Å². The third-order valence-electron chi connectivity index (χ3n) is 7.75. The lowest BCUT2D eigenvalue weighted by Crippen LogP contribution is -2.54. The Morgan fingerprint density at radius 1 is 0.844 bits per heavy atom. The Bertz CT molecular complexity index is 1710. The third kappa shape index (κ3) is 8.57. The van der Waals surface area contributed by atoms with Gasteiger partial charge in [0.1, 0.15) is 18.4 Å². The summed E-state index contributed by atoms with van der Waals surface area (Å²) in [5.41, 5.74) is 3.01. The van der Waals surface area contributed by atoms with Gasteiger partial charge in [0.05, 0.1) is 10.6 Å². The second kappa shape index (κ2) is 15.0. The number of nitrogens with zero attached hydrogens (tertiary/aromatic N) is 2. The molecule has 2 atom stereocenters. The molecule has 0 aliphatic carbocycles. The van der Waals surface area contributed by atoms with E-state index in [0.29, 0.717) is 12.1 Å². The second-order valence-electron chi connectivity index (χ2n) is 11.3. The van der Waals surface area contributed by atoms with Crippen molar-refractivity contribution in [2.75, 3.05) is 10.8 Å². The Morgan fingerprint density at radius 2 is 1.51 bits per heavy atom. The van der Waals surface area contributed by atoms with Gasteiger partial charge >= 0.3 is 0 Å². The third-order valence-corrected chi connectivity index (χ3v) is 9.54. The largest absolute Gasteiger partial charge is 0.352 e. The molecule has 0 fully saturated rings. The van der Waals surface area contributed by atoms with Gasteiger partial charge in [-0.15, -0.1) is 0 Å². The van der Waals surface area contributed by atoms with Crippen LogP contribution in [0, 0.1) is 19.7 Å². The van der Waals surface area contributed by atoms with Crippen LogP contribution in [0.5, 0.6) is 0 Å².